The predicted molar refractivity (Wildman–Crippen MR) is 136 cm³/mol. The highest BCUT2D eigenvalue weighted by Crippen LogP contribution is 2.33. The van der Waals surface area contributed by atoms with E-state index in [1.165, 1.54) is 18.0 Å². The van der Waals surface area contributed by atoms with E-state index < -0.39 is 10.0 Å². The fourth-order valence-electron chi connectivity index (χ4n) is 4.63. The van der Waals surface area contributed by atoms with Crippen molar-refractivity contribution in [3.63, 3.8) is 0 Å². The van der Waals surface area contributed by atoms with Gasteiger partial charge in [-0.3, -0.25) is 9.78 Å². The van der Waals surface area contributed by atoms with Crippen LogP contribution in [0.15, 0.2) is 55.0 Å². The Morgan fingerprint density at radius 3 is 2.51 bits per heavy atom. The van der Waals surface area contributed by atoms with Crippen molar-refractivity contribution < 1.29 is 13.2 Å². The molecule has 0 spiro atoms. The van der Waals surface area contributed by atoms with Crippen molar-refractivity contribution in [3.8, 4) is 11.3 Å². The molecule has 0 unspecified atom stereocenters. The molecule has 2 aliphatic heterocycles. The minimum Gasteiger partial charge on any atom is -0.340 e. The predicted octanol–water partition coefficient (Wildman–Crippen LogP) is 4.06. The summed E-state index contributed by atoms with van der Waals surface area (Å²) in [7, 11) is -3.14. The van der Waals surface area contributed by atoms with E-state index in [-0.39, 0.29) is 5.91 Å². The molecule has 0 aliphatic carbocycles. The van der Waals surface area contributed by atoms with Crippen molar-refractivity contribution >= 4 is 33.5 Å². The second kappa shape index (κ2) is 9.24. The standard InChI is InChI=1S/C26H26N5O3S/c1-17-7-11-27-16-22(17)23-15-20-8-12-28-26(32)24(20)25(30-23)29-21-5-3-18(4-6-21)19-9-13-31(14-10-19)35(2,33)34/h3-8,11-12,15-16,19H,9-10,13-14H2,1-2H3,(H,29,30). The summed E-state index contributed by atoms with van der Waals surface area (Å²) >= 11 is 0. The molecular formula is C26H26N5O3S. The zero-order valence-electron chi connectivity index (χ0n) is 19.6. The number of fused-ring (bicyclic) bond motifs is 1. The number of hydrogen-bond donors (Lipinski definition) is 1. The van der Waals surface area contributed by atoms with Crippen molar-refractivity contribution in [2.24, 2.45) is 0 Å². The Labute approximate surface area is 205 Å². The van der Waals surface area contributed by atoms with Crippen LogP contribution in [0.25, 0.3) is 17.3 Å². The minimum atomic E-state index is -3.14. The Balaban J connectivity index is 1.41. The summed E-state index contributed by atoms with van der Waals surface area (Å²) < 4.78 is 25.1. The van der Waals surface area contributed by atoms with Crippen molar-refractivity contribution in [2.75, 3.05) is 24.7 Å². The number of rotatable bonds is 5. The van der Waals surface area contributed by atoms with E-state index in [2.05, 4.69) is 27.8 Å². The van der Waals surface area contributed by atoms with Gasteiger partial charge in [-0.15, -0.1) is 0 Å². The number of amides is 1. The molecule has 0 saturated carbocycles. The van der Waals surface area contributed by atoms with Crippen LogP contribution in [-0.2, 0) is 10.0 Å². The van der Waals surface area contributed by atoms with E-state index in [0.717, 1.165) is 40.9 Å². The highest BCUT2D eigenvalue weighted by Gasteiger charge is 2.26. The van der Waals surface area contributed by atoms with E-state index >= 15 is 0 Å². The SMILES string of the molecule is Cc1ccncc1-c1cc2c(c(Nc3ccc(C4CCN(S(C)(=O)=O)CC4)cc3)n1)C(=O)[N]C=C2. The Morgan fingerprint density at radius 1 is 1.09 bits per heavy atom. The number of carbonyl (C=O) groups is 1. The molecule has 179 valence electrons. The van der Waals surface area contributed by atoms with Crippen LogP contribution in [0.5, 0.6) is 0 Å². The van der Waals surface area contributed by atoms with Gasteiger partial charge in [0.15, 0.2) is 0 Å². The molecule has 1 fully saturated rings. The van der Waals surface area contributed by atoms with Crippen molar-refractivity contribution in [2.45, 2.75) is 25.7 Å². The molecule has 1 saturated heterocycles. The number of aromatic nitrogens is 2. The molecule has 1 aromatic carbocycles. The van der Waals surface area contributed by atoms with Gasteiger partial charge in [-0.25, -0.2) is 23.0 Å². The van der Waals surface area contributed by atoms with E-state index in [9.17, 15) is 13.2 Å². The average molecular weight is 489 g/mol. The molecule has 2 aromatic heterocycles. The van der Waals surface area contributed by atoms with Crippen LogP contribution in [0.4, 0.5) is 11.5 Å². The second-order valence-corrected chi connectivity index (χ2v) is 10.9. The Hall–Kier alpha value is -3.56. The number of nitrogens with one attached hydrogen (secondary N) is 1. The summed E-state index contributed by atoms with van der Waals surface area (Å²) in [5.74, 6) is 0.435. The number of hydrogen-bond acceptors (Lipinski definition) is 6. The number of anilines is 2. The molecular weight excluding hydrogens is 462 g/mol. The van der Waals surface area contributed by atoms with E-state index in [0.29, 0.717) is 30.4 Å². The van der Waals surface area contributed by atoms with E-state index in [4.69, 9.17) is 4.98 Å². The normalized spacial score (nSPS) is 16.6. The first-order valence-electron chi connectivity index (χ1n) is 11.5. The summed E-state index contributed by atoms with van der Waals surface area (Å²) in [4.78, 5) is 21.6. The molecule has 2 aliphatic rings. The maximum absolute atomic E-state index is 12.6. The maximum Gasteiger partial charge on any atom is 0.281 e. The Morgan fingerprint density at radius 2 is 1.83 bits per heavy atom. The van der Waals surface area contributed by atoms with Gasteiger partial charge in [0, 0.05) is 42.9 Å². The van der Waals surface area contributed by atoms with E-state index in [1.54, 1.807) is 16.7 Å². The largest absolute Gasteiger partial charge is 0.340 e. The van der Waals surface area contributed by atoms with Gasteiger partial charge in [0.25, 0.3) is 5.91 Å². The highest BCUT2D eigenvalue weighted by atomic mass is 32.2. The molecule has 1 radical (unpaired) electrons. The maximum atomic E-state index is 12.6. The average Bonchev–Trinajstić information content (AvgIpc) is 2.84. The molecule has 0 atom stereocenters. The third kappa shape index (κ3) is 4.82. The first-order valence-corrected chi connectivity index (χ1v) is 13.3. The molecule has 1 amide bonds. The first-order chi connectivity index (χ1) is 16.8. The Kier molecular flexibility index (Phi) is 6.12. The number of benzene rings is 1. The van der Waals surface area contributed by atoms with Gasteiger partial charge < -0.3 is 5.32 Å². The lowest BCUT2D eigenvalue weighted by molar-refractivity contribution is 0.0965. The number of carbonyl (C=O) groups excluding carboxylic acids is 1. The topological polar surface area (TPSA) is 106 Å². The lowest BCUT2D eigenvalue weighted by atomic mass is 9.90. The van der Waals surface area contributed by atoms with Crippen molar-refractivity contribution in [3.05, 3.63) is 77.2 Å². The van der Waals surface area contributed by atoms with Crippen LogP contribution in [0, 0.1) is 6.92 Å². The van der Waals surface area contributed by atoms with Crippen molar-refractivity contribution in [1.29, 1.82) is 0 Å². The van der Waals surface area contributed by atoms with E-state index in [1.807, 2.05) is 37.3 Å². The second-order valence-electron chi connectivity index (χ2n) is 8.94. The molecule has 9 heteroatoms. The van der Waals surface area contributed by atoms with Gasteiger partial charge >= 0.3 is 0 Å². The fourth-order valence-corrected chi connectivity index (χ4v) is 5.50. The molecule has 8 nitrogen and oxygen atoms in total. The fraction of sp³-hybridized carbons (Fsp3) is 0.269. The Bertz CT molecular complexity index is 1410. The number of pyridine rings is 2. The number of nitrogens with zero attached hydrogens (tertiary/aromatic N) is 4. The van der Waals surface area contributed by atoms with Gasteiger partial charge in [0.2, 0.25) is 10.0 Å². The summed E-state index contributed by atoms with van der Waals surface area (Å²) in [5.41, 5.74) is 5.85. The molecule has 0 bridgehead atoms. The highest BCUT2D eigenvalue weighted by molar-refractivity contribution is 7.88. The minimum absolute atomic E-state index is 0.315. The zero-order chi connectivity index (χ0) is 24.6. The third-order valence-electron chi connectivity index (χ3n) is 6.59. The number of aryl methyl sites for hydroxylation is 1. The monoisotopic (exact) mass is 488 g/mol. The first kappa shape index (κ1) is 23.2. The van der Waals surface area contributed by atoms with Crippen LogP contribution in [0.2, 0.25) is 0 Å². The third-order valence-corrected chi connectivity index (χ3v) is 7.90. The van der Waals surface area contributed by atoms with Gasteiger partial charge in [-0.05, 0) is 72.7 Å². The summed E-state index contributed by atoms with van der Waals surface area (Å²) in [6.07, 6.45) is 9.69. The lowest BCUT2D eigenvalue weighted by Crippen LogP contribution is -2.37. The molecule has 1 N–H and O–H groups in total. The smallest absolute Gasteiger partial charge is 0.281 e. The van der Waals surface area contributed by atoms with Crippen LogP contribution >= 0.6 is 0 Å². The molecule has 4 heterocycles. The van der Waals surface area contributed by atoms with Crippen LogP contribution < -0.4 is 10.6 Å². The van der Waals surface area contributed by atoms with Crippen LogP contribution in [-0.4, -0.2) is 47.9 Å². The summed E-state index contributed by atoms with van der Waals surface area (Å²) in [5, 5.41) is 7.25. The molecule has 35 heavy (non-hydrogen) atoms. The molecule has 5 rings (SSSR count). The van der Waals surface area contributed by atoms with Crippen LogP contribution in [0.3, 0.4) is 0 Å². The zero-order valence-corrected chi connectivity index (χ0v) is 20.4. The van der Waals surface area contributed by atoms with Gasteiger partial charge in [-0.1, -0.05) is 12.1 Å². The van der Waals surface area contributed by atoms with Gasteiger partial charge in [0.05, 0.1) is 17.5 Å². The van der Waals surface area contributed by atoms with Crippen molar-refractivity contribution in [1.82, 2.24) is 19.6 Å². The van der Waals surface area contributed by atoms with Crippen LogP contribution in [0.1, 0.15) is 45.8 Å². The lowest BCUT2D eigenvalue weighted by Gasteiger charge is -2.30. The number of piperidine rings is 1. The number of sulfonamides is 1. The van der Waals surface area contributed by atoms with Gasteiger partial charge in [0.1, 0.15) is 5.82 Å². The van der Waals surface area contributed by atoms with Gasteiger partial charge in [-0.2, -0.15) is 0 Å². The summed E-state index contributed by atoms with van der Waals surface area (Å²) in [6.45, 7) is 3.08. The summed E-state index contributed by atoms with van der Waals surface area (Å²) in [6, 6.07) is 11.9. The quantitative estimate of drug-likeness (QED) is 0.580. The molecule has 3 aromatic rings.